The van der Waals surface area contributed by atoms with E-state index in [-0.39, 0.29) is 12.5 Å². The van der Waals surface area contributed by atoms with Crippen LogP contribution in [0.4, 0.5) is 0 Å². The predicted molar refractivity (Wildman–Crippen MR) is 64.7 cm³/mol. The highest BCUT2D eigenvalue weighted by atomic mass is 79.9. The summed E-state index contributed by atoms with van der Waals surface area (Å²) in [6, 6.07) is 8.07. The molecule has 0 aromatic heterocycles. The molecule has 0 saturated carbocycles. The minimum Gasteiger partial charge on any atom is -0.396 e. The van der Waals surface area contributed by atoms with E-state index in [1.54, 1.807) is 0 Å². The zero-order chi connectivity index (χ0) is 11.1. The van der Waals surface area contributed by atoms with E-state index in [1.165, 1.54) is 0 Å². The van der Waals surface area contributed by atoms with Gasteiger partial charge in [0.15, 0.2) is 0 Å². The van der Waals surface area contributed by atoms with Crippen molar-refractivity contribution in [3.63, 3.8) is 0 Å². The van der Waals surface area contributed by atoms with E-state index in [2.05, 4.69) is 22.9 Å². The number of aliphatic hydroxyl groups is 1. The zero-order valence-corrected chi connectivity index (χ0v) is 10.5. The second-order valence-electron chi connectivity index (χ2n) is 3.60. The maximum absolute atomic E-state index is 8.97. The van der Waals surface area contributed by atoms with Gasteiger partial charge in [0.05, 0.1) is 13.2 Å². The second-order valence-corrected chi connectivity index (χ2v) is 4.51. The van der Waals surface area contributed by atoms with E-state index in [4.69, 9.17) is 9.84 Å². The third kappa shape index (κ3) is 4.78. The maximum Gasteiger partial charge on any atom is 0.0717 e. The van der Waals surface area contributed by atoms with Crippen molar-refractivity contribution >= 4 is 15.9 Å². The van der Waals surface area contributed by atoms with Crippen LogP contribution in [-0.4, -0.2) is 18.3 Å². The van der Waals surface area contributed by atoms with Gasteiger partial charge < -0.3 is 9.84 Å². The first-order chi connectivity index (χ1) is 7.26. The van der Waals surface area contributed by atoms with Crippen LogP contribution < -0.4 is 0 Å². The standard InChI is InChI=1S/C12H17BrO2/c1-2-10(7-14)8-15-9-11-3-5-12(13)6-4-11/h3-6,10,14H,2,7-9H2,1H3/t10-/m0/s1. The molecule has 0 aliphatic heterocycles. The lowest BCUT2D eigenvalue weighted by Gasteiger charge is -2.11. The van der Waals surface area contributed by atoms with Crippen LogP contribution >= 0.6 is 15.9 Å². The topological polar surface area (TPSA) is 29.5 Å². The highest BCUT2D eigenvalue weighted by molar-refractivity contribution is 9.10. The van der Waals surface area contributed by atoms with Crippen molar-refractivity contribution in [1.82, 2.24) is 0 Å². The monoisotopic (exact) mass is 272 g/mol. The summed E-state index contributed by atoms with van der Waals surface area (Å²) < 4.78 is 6.61. The first-order valence-corrected chi connectivity index (χ1v) is 5.98. The van der Waals surface area contributed by atoms with Gasteiger partial charge in [0.1, 0.15) is 0 Å². The van der Waals surface area contributed by atoms with E-state index < -0.39 is 0 Å². The normalized spacial score (nSPS) is 12.7. The molecule has 1 rings (SSSR count). The van der Waals surface area contributed by atoms with Crippen molar-refractivity contribution < 1.29 is 9.84 Å². The molecule has 0 saturated heterocycles. The molecule has 0 fully saturated rings. The summed E-state index contributed by atoms with van der Waals surface area (Å²) in [6.45, 7) is 3.51. The molecule has 1 N–H and O–H groups in total. The molecular weight excluding hydrogens is 256 g/mol. The Labute approximate surface area is 99.4 Å². The molecule has 0 heterocycles. The molecule has 84 valence electrons. The van der Waals surface area contributed by atoms with Crippen LogP contribution in [0, 0.1) is 5.92 Å². The van der Waals surface area contributed by atoms with Gasteiger partial charge in [-0.1, -0.05) is 35.0 Å². The van der Waals surface area contributed by atoms with E-state index in [0.29, 0.717) is 13.2 Å². The fourth-order valence-corrected chi connectivity index (χ4v) is 1.49. The van der Waals surface area contributed by atoms with Crippen LogP contribution in [0.25, 0.3) is 0 Å². The molecule has 0 aliphatic rings. The van der Waals surface area contributed by atoms with E-state index >= 15 is 0 Å². The quantitative estimate of drug-likeness (QED) is 0.863. The first-order valence-electron chi connectivity index (χ1n) is 5.19. The Kier molecular flexibility index (Phi) is 5.91. The average molecular weight is 273 g/mol. The van der Waals surface area contributed by atoms with Gasteiger partial charge in [0.25, 0.3) is 0 Å². The Bertz CT molecular complexity index is 267. The van der Waals surface area contributed by atoms with E-state index in [1.807, 2.05) is 24.3 Å². The first kappa shape index (κ1) is 12.7. The molecule has 3 heteroatoms. The van der Waals surface area contributed by atoms with Crippen LogP contribution in [0.15, 0.2) is 28.7 Å². The van der Waals surface area contributed by atoms with E-state index in [0.717, 1.165) is 16.5 Å². The minimum atomic E-state index is 0.205. The van der Waals surface area contributed by atoms with Crippen molar-refractivity contribution in [2.75, 3.05) is 13.2 Å². The van der Waals surface area contributed by atoms with Crippen LogP contribution in [0.5, 0.6) is 0 Å². The molecule has 1 atom stereocenters. The van der Waals surface area contributed by atoms with Gasteiger partial charge in [-0.2, -0.15) is 0 Å². The van der Waals surface area contributed by atoms with Gasteiger partial charge in [-0.15, -0.1) is 0 Å². The Morgan fingerprint density at radius 2 is 2.00 bits per heavy atom. The van der Waals surface area contributed by atoms with Gasteiger partial charge in [-0.05, 0) is 24.1 Å². The second kappa shape index (κ2) is 6.99. The number of rotatable bonds is 6. The molecule has 0 unspecified atom stereocenters. The SMILES string of the molecule is CC[C@@H](CO)COCc1ccc(Br)cc1. The third-order valence-electron chi connectivity index (χ3n) is 2.37. The van der Waals surface area contributed by atoms with Crippen LogP contribution in [-0.2, 0) is 11.3 Å². The Hall–Kier alpha value is -0.380. The van der Waals surface area contributed by atoms with Gasteiger partial charge in [0, 0.05) is 17.0 Å². The summed E-state index contributed by atoms with van der Waals surface area (Å²) in [5, 5.41) is 8.97. The lowest BCUT2D eigenvalue weighted by Crippen LogP contribution is -2.12. The van der Waals surface area contributed by atoms with Crippen LogP contribution in [0.3, 0.4) is 0 Å². The summed E-state index contributed by atoms with van der Waals surface area (Å²) in [7, 11) is 0. The Morgan fingerprint density at radius 3 is 2.53 bits per heavy atom. The smallest absolute Gasteiger partial charge is 0.0717 e. The highest BCUT2D eigenvalue weighted by Gasteiger charge is 2.04. The third-order valence-corrected chi connectivity index (χ3v) is 2.90. The zero-order valence-electron chi connectivity index (χ0n) is 8.95. The highest BCUT2D eigenvalue weighted by Crippen LogP contribution is 2.11. The molecular formula is C12H17BrO2. The molecule has 0 amide bonds. The number of ether oxygens (including phenoxy) is 1. The van der Waals surface area contributed by atoms with Crippen molar-refractivity contribution in [3.8, 4) is 0 Å². The van der Waals surface area contributed by atoms with E-state index in [9.17, 15) is 0 Å². The summed E-state index contributed by atoms with van der Waals surface area (Å²) in [5.41, 5.74) is 1.16. The molecule has 0 spiro atoms. The molecule has 0 bridgehead atoms. The average Bonchev–Trinajstić information content (AvgIpc) is 2.27. The molecule has 0 aliphatic carbocycles. The Balaban J connectivity index is 2.28. The van der Waals surface area contributed by atoms with Gasteiger partial charge in [0.2, 0.25) is 0 Å². The van der Waals surface area contributed by atoms with Gasteiger partial charge in [-0.3, -0.25) is 0 Å². The summed E-state index contributed by atoms with van der Waals surface area (Å²) in [5.74, 6) is 0.264. The molecule has 1 aromatic rings. The van der Waals surface area contributed by atoms with Crippen LogP contribution in [0.2, 0.25) is 0 Å². The largest absolute Gasteiger partial charge is 0.396 e. The predicted octanol–water partition coefficient (Wildman–Crippen LogP) is 2.98. The maximum atomic E-state index is 8.97. The summed E-state index contributed by atoms with van der Waals surface area (Å²) >= 11 is 3.39. The number of benzene rings is 1. The lowest BCUT2D eigenvalue weighted by molar-refractivity contribution is 0.0615. The Morgan fingerprint density at radius 1 is 1.33 bits per heavy atom. The lowest BCUT2D eigenvalue weighted by atomic mass is 10.1. The molecule has 2 nitrogen and oxygen atoms in total. The molecule has 15 heavy (non-hydrogen) atoms. The number of hydrogen-bond donors (Lipinski definition) is 1. The van der Waals surface area contributed by atoms with Crippen LogP contribution in [0.1, 0.15) is 18.9 Å². The fraction of sp³-hybridized carbons (Fsp3) is 0.500. The fourth-order valence-electron chi connectivity index (χ4n) is 1.22. The van der Waals surface area contributed by atoms with Crippen molar-refractivity contribution in [2.24, 2.45) is 5.92 Å². The number of hydrogen-bond acceptors (Lipinski definition) is 2. The molecule has 1 aromatic carbocycles. The number of aliphatic hydroxyl groups excluding tert-OH is 1. The van der Waals surface area contributed by atoms with Crippen molar-refractivity contribution in [1.29, 1.82) is 0 Å². The summed E-state index contributed by atoms with van der Waals surface area (Å²) in [4.78, 5) is 0. The van der Waals surface area contributed by atoms with Gasteiger partial charge in [-0.25, -0.2) is 0 Å². The molecule has 0 radical (unpaired) electrons. The minimum absolute atomic E-state index is 0.205. The van der Waals surface area contributed by atoms with Crippen molar-refractivity contribution in [2.45, 2.75) is 20.0 Å². The number of halogens is 1. The van der Waals surface area contributed by atoms with Gasteiger partial charge >= 0.3 is 0 Å². The van der Waals surface area contributed by atoms with Crippen molar-refractivity contribution in [3.05, 3.63) is 34.3 Å². The summed E-state index contributed by atoms with van der Waals surface area (Å²) in [6.07, 6.45) is 0.955.